The number of thiazole rings is 1. The van der Waals surface area contributed by atoms with Crippen LogP contribution >= 0.6 is 11.3 Å². The summed E-state index contributed by atoms with van der Waals surface area (Å²) in [6.07, 6.45) is 1.99. The molecule has 20 heavy (non-hydrogen) atoms. The van der Waals surface area contributed by atoms with E-state index in [4.69, 9.17) is 4.74 Å². The second-order valence-corrected chi connectivity index (χ2v) is 6.57. The fourth-order valence-electron chi connectivity index (χ4n) is 2.14. The zero-order chi connectivity index (χ0) is 14.8. The van der Waals surface area contributed by atoms with Gasteiger partial charge >= 0.3 is 5.97 Å². The maximum absolute atomic E-state index is 12.3. The Morgan fingerprint density at radius 2 is 2.05 bits per heavy atom. The highest BCUT2D eigenvalue weighted by Crippen LogP contribution is 2.30. The Bertz CT molecular complexity index is 500. The molecule has 0 atom stereocenters. The minimum Gasteiger partial charge on any atom is -0.461 e. The molecule has 0 aliphatic carbocycles. The number of esters is 1. The van der Waals surface area contributed by atoms with Crippen molar-refractivity contribution < 1.29 is 14.3 Å². The van der Waals surface area contributed by atoms with Crippen molar-refractivity contribution in [1.82, 2.24) is 9.88 Å². The summed E-state index contributed by atoms with van der Waals surface area (Å²) in [5.41, 5.74) is 0.646. The molecule has 2 rings (SSSR count). The maximum Gasteiger partial charge on any atom is 0.367 e. The van der Waals surface area contributed by atoms with Crippen molar-refractivity contribution in [2.75, 3.05) is 19.7 Å². The van der Waals surface area contributed by atoms with E-state index in [0.29, 0.717) is 17.7 Å². The summed E-state index contributed by atoms with van der Waals surface area (Å²) in [6.45, 7) is 7.99. The lowest BCUT2D eigenvalue weighted by atomic mass is 9.82. The van der Waals surface area contributed by atoms with Gasteiger partial charge in [0.05, 0.1) is 6.61 Å². The molecule has 110 valence electrons. The van der Waals surface area contributed by atoms with Crippen LogP contribution in [0.25, 0.3) is 0 Å². The van der Waals surface area contributed by atoms with Gasteiger partial charge in [0, 0.05) is 18.5 Å². The van der Waals surface area contributed by atoms with Crippen molar-refractivity contribution in [3.8, 4) is 0 Å². The van der Waals surface area contributed by atoms with Gasteiger partial charge in [0.2, 0.25) is 5.01 Å². The molecule has 1 fully saturated rings. The number of carbonyl (C=O) groups excluding carboxylic acids is 2. The highest BCUT2D eigenvalue weighted by atomic mass is 32.1. The van der Waals surface area contributed by atoms with Crippen LogP contribution in [0.2, 0.25) is 0 Å². The van der Waals surface area contributed by atoms with E-state index in [0.717, 1.165) is 37.3 Å². The quantitative estimate of drug-likeness (QED) is 0.804. The summed E-state index contributed by atoms with van der Waals surface area (Å²) in [7, 11) is 0. The maximum atomic E-state index is 12.3. The monoisotopic (exact) mass is 296 g/mol. The Kier molecular flexibility index (Phi) is 4.42. The molecule has 1 amide bonds. The highest BCUT2D eigenvalue weighted by Gasteiger charge is 2.29. The minimum atomic E-state index is -0.462. The second kappa shape index (κ2) is 5.91. The van der Waals surface area contributed by atoms with E-state index < -0.39 is 5.97 Å². The summed E-state index contributed by atoms with van der Waals surface area (Å²) in [4.78, 5) is 29.8. The Morgan fingerprint density at radius 1 is 1.40 bits per heavy atom. The van der Waals surface area contributed by atoms with E-state index in [1.165, 1.54) is 0 Å². The molecule has 0 saturated carbocycles. The third kappa shape index (κ3) is 3.36. The summed E-state index contributed by atoms with van der Waals surface area (Å²) < 4.78 is 4.88. The standard InChI is InChI=1S/C14H20N2O3S/c1-4-19-13(18)11-15-10(9-20-11)12(17)16-7-5-14(2,3)6-8-16/h9H,4-8H2,1-3H3. The Morgan fingerprint density at radius 3 is 2.65 bits per heavy atom. The number of aromatic nitrogens is 1. The molecule has 0 spiro atoms. The van der Waals surface area contributed by atoms with Gasteiger partial charge in [-0.25, -0.2) is 9.78 Å². The van der Waals surface area contributed by atoms with Crippen LogP contribution in [0.15, 0.2) is 5.38 Å². The van der Waals surface area contributed by atoms with Crippen molar-refractivity contribution in [3.63, 3.8) is 0 Å². The van der Waals surface area contributed by atoms with Gasteiger partial charge in [-0.3, -0.25) is 4.79 Å². The van der Waals surface area contributed by atoms with Crippen molar-refractivity contribution in [2.45, 2.75) is 33.6 Å². The van der Waals surface area contributed by atoms with E-state index >= 15 is 0 Å². The Balaban J connectivity index is 2.02. The van der Waals surface area contributed by atoms with Crippen LogP contribution < -0.4 is 0 Å². The van der Waals surface area contributed by atoms with E-state index in [-0.39, 0.29) is 10.9 Å². The Hall–Kier alpha value is -1.43. The topological polar surface area (TPSA) is 59.5 Å². The van der Waals surface area contributed by atoms with E-state index in [1.54, 1.807) is 12.3 Å². The lowest BCUT2D eigenvalue weighted by molar-refractivity contribution is 0.0525. The molecule has 1 aliphatic heterocycles. The second-order valence-electron chi connectivity index (χ2n) is 5.71. The number of nitrogens with zero attached hydrogens (tertiary/aromatic N) is 2. The largest absolute Gasteiger partial charge is 0.461 e. The molecule has 0 bridgehead atoms. The molecule has 0 aromatic carbocycles. The van der Waals surface area contributed by atoms with Crippen LogP contribution in [-0.2, 0) is 4.74 Å². The SMILES string of the molecule is CCOC(=O)c1nc(C(=O)N2CCC(C)(C)CC2)cs1. The highest BCUT2D eigenvalue weighted by molar-refractivity contribution is 7.11. The van der Waals surface area contributed by atoms with Gasteiger partial charge in [-0.05, 0) is 25.2 Å². The molecule has 0 unspecified atom stereocenters. The van der Waals surface area contributed by atoms with Gasteiger partial charge in [0.25, 0.3) is 5.91 Å². The molecule has 1 aliphatic rings. The first-order valence-corrected chi connectivity index (χ1v) is 7.73. The van der Waals surface area contributed by atoms with Crippen LogP contribution in [0.1, 0.15) is 53.9 Å². The first kappa shape index (κ1) is 15.0. The molecule has 0 radical (unpaired) electrons. The number of carbonyl (C=O) groups is 2. The summed E-state index contributed by atoms with van der Waals surface area (Å²) in [5, 5.41) is 1.88. The fraction of sp³-hybridized carbons (Fsp3) is 0.643. The molecule has 0 N–H and O–H groups in total. The van der Waals surface area contributed by atoms with Crippen LogP contribution in [0.5, 0.6) is 0 Å². The predicted octanol–water partition coefficient (Wildman–Crippen LogP) is 2.58. The normalized spacial score (nSPS) is 17.9. The number of rotatable bonds is 3. The molecule has 2 heterocycles. The Labute approximate surface area is 122 Å². The number of likely N-dealkylation sites (tertiary alicyclic amines) is 1. The molecule has 1 aromatic heterocycles. The van der Waals surface area contributed by atoms with Crippen molar-refractivity contribution >= 4 is 23.2 Å². The number of hydrogen-bond acceptors (Lipinski definition) is 5. The van der Waals surface area contributed by atoms with Gasteiger partial charge in [-0.2, -0.15) is 0 Å². The third-order valence-electron chi connectivity index (χ3n) is 3.58. The number of ether oxygens (including phenoxy) is 1. The predicted molar refractivity (Wildman–Crippen MR) is 77.0 cm³/mol. The molecule has 6 heteroatoms. The van der Waals surface area contributed by atoms with Crippen molar-refractivity contribution in [2.24, 2.45) is 5.41 Å². The number of amides is 1. The molecular formula is C14H20N2O3S. The van der Waals surface area contributed by atoms with Gasteiger partial charge in [0.15, 0.2) is 0 Å². The first-order valence-electron chi connectivity index (χ1n) is 6.85. The van der Waals surface area contributed by atoms with Gasteiger partial charge in [-0.15, -0.1) is 11.3 Å². The molecule has 1 aromatic rings. The van der Waals surface area contributed by atoms with Gasteiger partial charge in [0.1, 0.15) is 5.69 Å². The fourth-order valence-corrected chi connectivity index (χ4v) is 2.82. The molecule has 1 saturated heterocycles. The van der Waals surface area contributed by atoms with E-state index in [9.17, 15) is 9.59 Å². The van der Waals surface area contributed by atoms with E-state index in [1.807, 2.05) is 4.90 Å². The van der Waals surface area contributed by atoms with Gasteiger partial charge < -0.3 is 9.64 Å². The molecule has 5 nitrogen and oxygen atoms in total. The van der Waals surface area contributed by atoms with Crippen molar-refractivity contribution in [1.29, 1.82) is 0 Å². The smallest absolute Gasteiger partial charge is 0.367 e. The third-order valence-corrected chi connectivity index (χ3v) is 4.40. The summed E-state index contributed by atoms with van der Waals surface area (Å²) >= 11 is 1.16. The first-order chi connectivity index (χ1) is 9.43. The van der Waals surface area contributed by atoms with Crippen LogP contribution in [-0.4, -0.2) is 41.5 Å². The van der Waals surface area contributed by atoms with Crippen LogP contribution in [0.3, 0.4) is 0 Å². The lowest BCUT2D eigenvalue weighted by Crippen LogP contribution is -2.41. The van der Waals surface area contributed by atoms with Gasteiger partial charge in [-0.1, -0.05) is 13.8 Å². The minimum absolute atomic E-state index is 0.0905. The zero-order valence-electron chi connectivity index (χ0n) is 12.1. The average Bonchev–Trinajstić information content (AvgIpc) is 2.88. The van der Waals surface area contributed by atoms with Crippen LogP contribution in [0, 0.1) is 5.41 Å². The average molecular weight is 296 g/mol. The number of hydrogen-bond donors (Lipinski definition) is 0. The van der Waals surface area contributed by atoms with E-state index in [2.05, 4.69) is 18.8 Å². The zero-order valence-corrected chi connectivity index (χ0v) is 13.0. The lowest BCUT2D eigenvalue weighted by Gasteiger charge is -2.36. The summed E-state index contributed by atoms with van der Waals surface area (Å²) in [6, 6.07) is 0. The van der Waals surface area contributed by atoms with Crippen LogP contribution in [0.4, 0.5) is 0 Å². The summed E-state index contributed by atoms with van der Waals surface area (Å²) in [5.74, 6) is -0.552. The molecular weight excluding hydrogens is 276 g/mol. The number of piperidine rings is 1. The van der Waals surface area contributed by atoms with Crippen molar-refractivity contribution in [3.05, 3.63) is 16.1 Å².